The first-order valence-corrected chi connectivity index (χ1v) is 8.84. The van der Waals surface area contributed by atoms with Crippen LogP contribution in [0.3, 0.4) is 0 Å². The number of thiazole rings is 1. The highest BCUT2D eigenvalue weighted by Gasteiger charge is 2.21. The lowest BCUT2D eigenvalue weighted by atomic mass is 10.3. The van der Waals surface area contributed by atoms with Gasteiger partial charge in [0.2, 0.25) is 0 Å². The summed E-state index contributed by atoms with van der Waals surface area (Å²) in [5.74, 6) is 1.06. The van der Waals surface area contributed by atoms with Gasteiger partial charge in [0.25, 0.3) is 0 Å². The van der Waals surface area contributed by atoms with Crippen molar-refractivity contribution in [1.82, 2.24) is 24.6 Å². The van der Waals surface area contributed by atoms with Crippen LogP contribution >= 0.6 is 11.3 Å². The molecule has 6 nitrogen and oxygen atoms in total. The Hall–Kier alpha value is -1.99. The number of hydrogen-bond acceptors (Lipinski definition) is 6. The van der Waals surface area contributed by atoms with E-state index in [0.717, 1.165) is 55.7 Å². The van der Waals surface area contributed by atoms with E-state index in [0.29, 0.717) is 0 Å². The van der Waals surface area contributed by atoms with Crippen LogP contribution in [0.5, 0.6) is 0 Å². The molecular formula is C16H20N6S. The smallest absolute Gasteiger partial charge is 0.186 e. The SMILES string of the molecule is CCn1ncnc1CN1CCN(c2nc3ccccc3s2)CC1. The molecule has 23 heavy (non-hydrogen) atoms. The second kappa shape index (κ2) is 6.25. The number of piperazine rings is 1. The third-order valence-corrected chi connectivity index (χ3v) is 5.38. The van der Waals surface area contributed by atoms with Crippen LogP contribution in [-0.4, -0.2) is 50.8 Å². The maximum absolute atomic E-state index is 4.76. The van der Waals surface area contributed by atoms with Gasteiger partial charge in [0.15, 0.2) is 5.13 Å². The molecule has 3 aromatic rings. The molecule has 1 fully saturated rings. The second-order valence-electron chi connectivity index (χ2n) is 5.72. The molecule has 3 heterocycles. The van der Waals surface area contributed by atoms with Gasteiger partial charge in [-0.1, -0.05) is 23.5 Å². The molecule has 2 aromatic heterocycles. The molecule has 1 aliphatic heterocycles. The predicted octanol–water partition coefficient (Wildman–Crippen LogP) is 2.23. The third-order valence-electron chi connectivity index (χ3n) is 4.29. The van der Waals surface area contributed by atoms with E-state index >= 15 is 0 Å². The van der Waals surface area contributed by atoms with Crippen LogP contribution in [0.15, 0.2) is 30.6 Å². The average molecular weight is 328 g/mol. The van der Waals surface area contributed by atoms with Gasteiger partial charge in [-0.2, -0.15) is 5.10 Å². The molecule has 1 saturated heterocycles. The van der Waals surface area contributed by atoms with Crippen LogP contribution in [0.2, 0.25) is 0 Å². The van der Waals surface area contributed by atoms with E-state index in [9.17, 15) is 0 Å². The number of para-hydroxylation sites is 1. The van der Waals surface area contributed by atoms with Crippen molar-refractivity contribution in [3.05, 3.63) is 36.4 Å². The van der Waals surface area contributed by atoms with E-state index in [1.54, 1.807) is 17.7 Å². The van der Waals surface area contributed by atoms with Crippen LogP contribution < -0.4 is 4.90 Å². The van der Waals surface area contributed by atoms with Gasteiger partial charge >= 0.3 is 0 Å². The third kappa shape index (κ3) is 2.94. The lowest BCUT2D eigenvalue weighted by Crippen LogP contribution is -2.46. The molecule has 0 N–H and O–H groups in total. The van der Waals surface area contributed by atoms with Crippen molar-refractivity contribution in [3.8, 4) is 0 Å². The fourth-order valence-electron chi connectivity index (χ4n) is 2.97. The minimum Gasteiger partial charge on any atom is -0.345 e. The quantitative estimate of drug-likeness (QED) is 0.735. The largest absolute Gasteiger partial charge is 0.345 e. The van der Waals surface area contributed by atoms with Gasteiger partial charge < -0.3 is 4.90 Å². The summed E-state index contributed by atoms with van der Waals surface area (Å²) in [6.07, 6.45) is 1.65. The Bertz CT molecular complexity index is 754. The average Bonchev–Trinajstić information content (AvgIpc) is 3.21. The van der Waals surface area contributed by atoms with Gasteiger partial charge in [-0.05, 0) is 19.1 Å². The van der Waals surface area contributed by atoms with E-state index in [1.165, 1.54) is 4.70 Å². The Kier molecular flexibility index (Phi) is 3.97. The molecule has 1 aliphatic rings. The zero-order chi connectivity index (χ0) is 15.6. The maximum Gasteiger partial charge on any atom is 0.186 e. The molecule has 0 spiro atoms. The Morgan fingerprint density at radius 2 is 1.96 bits per heavy atom. The van der Waals surface area contributed by atoms with Crippen molar-refractivity contribution in [2.45, 2.75) is 20.0 Å². The Labute approximate surface area is 139 Å². The van der Waals surface area contributed by atoms with Gasteiger partial charge in [0, 0.05) is 32.7 Å². The summed E-state index contributed by atoms with van der Waals surface area (Å²) in [5, 5.41) is 5.39. The molecule has 0 atom stereocenters. The van der Waals surface area contributed by atoms with Crippen LogP contribution in [-0.2, 0) is 13.1 Å². The normalized spacial score (nSPS) is 16.3. The standard InChI is InChI=1S/C16H20N6S/c1-2-22-15(17-12-18-22)11-20-7-9-21(10-8-20)16-19-13-5-3-4-6-14(13)23-16/h3-6,12H,2,7-11H2,1H3. The predicted molar refractivity (Wildman–Crippen MR) is 92.8 cm³/mol. The number of nitrogens with zero attached hydrogens (tertiary/aromatic N) is 6. The van der Waals surface area contributed by atoms with Crippen molar-refractivity contribution < 1.29 is 0 Å². The molecule has 120 valence electrons. The maximum atomic E-state index is 4.76. The highest BCUT2D eigenvalue weighted by Crippen LogP contribution is 2.29. The molecule has 0 bridgehead atoms. The van der Waals surface area contributed by atoms with Gasteiger partial charge in [0.1, 0.15) is 12.2 Å². The minimum absolute atomic E-state index is 0.876. The molecule has 0 saturated carbocycles. The van der Waals surface area contributed by atoms with E-state index in [2.05, 4.69) is 45.0 Å². The van der Waals surface area contributed by atoms with E-state index in [4.69, 9.17) is 4.98 Å². The van der Waals surface area contributed by atoms with Crippen molar-refractivity contribution in [1.29, 1.82) is 0 Å². The molecule has 1 aromatic carbocycles. The summed E-state index contributed by atoms with van der Waals surface area (Å²) >= 11 is 1.79. The van der Waals surface area contributed by atoms with Gasteiger partial charge in [0.05, 0.1) is 16.8 Å². The highest BCUT2D eigenvalue weighted by atomic mass is 32.1. The number of aromatic nitrogens is 4. The summed E-state index contributed by atoms with van der Waals surface area (Å²) in [5.41, 5.74) is 1.10. The topological polar surface area (TPSA) is 50.1 Å². The van der Waals surface area contributed by atoms with Gasteiger partial charge in [-0.25, -0.2) is 14.6 Å². The first kappa shape index (κ1) is 14.6. The molecular weight excluding hydrogens is 308 g/mol. The Balaban J connectivity index is 1.40. The Morgan fingerprint density at radius 1 is 1.13 bits per heavy atom. The van der Waals surface area contributed by atoms with E-state index in [1.807, 2.05) is 10.7 Å². The summed E-state index contributed by atoms with van der Waals surface area (Å²) in [7, 11) is 0. The van der Waals surface area contributed by atoms with Crippen LogP contribution in [0.4, 0.5) is 5.13 Å². The molecule has 0 unspecified atom stereocenters. The number of fused-ring (bicyclic) bond motifs is 1. The number of rotatable bonds is 4. The zero-order valence-corrected chi connectivity index (χ0v) is 14.0. The zero-order valence-electron chi connectivity index (χ0n) is 13.2. The van der Waals surface area contributed by atoms with Gasteiger partial charge in [-0.15, -0.1) is 0 Å². The second-order valence-corrected chi connectivity index (χ2v) is 6.73. The Morgan fingerprint density at radius 3 is 2.74 bits per heavy atom. The number of aryl methyl sites for hydroxylation is 1. The van der Waals surface area contributed by atoms with E-state index < -0.39 is 0 Å². The summed E-state index contributed by atoms with van der Waals surface area (Å²) in [4.78, 5) is 14.0. The van der Waals surface area contributed by atoms with E-state index in [-0.39, 0.29) is 0 Å². The number of benzene rings is 1. The summed E-state index contributed by atoms with van der Waals surface area (Å²) < 4.78 is 3.24. The van der Waals surface area contributed by atoms with Crippen molar-refractivity contribution in [3.63, 3.8) is 0 Å². The number of hydrogen-bond donors (Lipinski definition) is 0. The summed E-state index contributed by atoms with van der Waals surface area (Å²) in [6.45, 7) is 7.95. The molecule has 0 aliphatic carbocycles. The van der Waals surface area contributed by atoms with Crippen molar-refractivity contribution >= 4 is 26.7 Å². The minimum atomic E-state index is 0.876. The first-order valence-electron chi connectivity index (χ1n) is 8.03. The monoisotopic (exact) mass is 328 g/mol. The van der Waals surface area contributed by atoms with Crippen LogP contribution in [0, 0.1) is 0 Å². The first-order chi connectivity index (χ1) is 11.3. The lowest BCUT2D eigenvalue weighted by Gasteiger charge is -2.34. The van der Waals surface area contributed by atoms with Crippen molar-refractivity contribution in [2.75, 3.05) is 31.1 Å². The molecule has 0 radical (unpaired) electrons. The molecule has 7 heteroatoms. The number of anilines is 1. The molecule has 0 amide bonds. The van der Waals surface area contributed by atoms with Crippen molar-refractivity contribution in [2.24, 2.45) is 0 Å². The summed E-state index contributed by atoms with van der Waals surface area (Å²) in [6, 6.07) is 8.35. The molecule has 4 rings (SSSR count). The van der Waals surface area contributed by atoms with Gasteiger partial charge in [-0.3, -0.25) is 4.90 Å². The fraction of sp³-hybridized carbons (Fsp3) is 0.438. The fourth-order valence-corrected chi connectivity index (χ4v) is 3.98. The van der Waals surface area contributed by atoms with Crippen LogP contribution in [0.1, 0.15) is 12.7 Å². The lowest BCUT2D eigenvalue weighted by molar-refractivity contribution is 0.239. The van der Waals surface area contributed by atoms with Crippen LogP contribution in [0.25, 0.3) is 10.2 Å². The highest BCUT2D eigenvalue weighted by molar-refractivity contribution is 7.22.